The molecule has 0 bridgehead atoms. The Hall–Kier alpha value is -2.53. The lowest BCUT2D eigenvalue weighted by Gasteiger charge is -2.26. The maximum atomic E-state index is 14.4. The van der Waals surface area contributed by atoms with Gasteiger partial charge in [-0.05, 0) is 55.1 Å². The highest BCUT2D eigenvalue weighted by Crippen LogP contribution is 2.23. The number of thiazole rings is 1. The molecule has 1 aromatic heterocycles. The first-order chi connectivity index (χ1) is 16.0. The SMILES string of the molecule is O=S(=O)(Nc1nccs1)c1ccc(NCCCCNCC2Cc3ccccc3CN2)cc1F. The van der Waals surface area contributed by atoms with Gasteiger partial charge in [-0.3, -0.25) is 4.72 Å². The van der Waals surface area contributed by atoms with Crippen LogP contribution in [0.25, 0.3) is 0 Å². The summed E-state index contributed by atoms with van der Waals surface area (Å²) in [5.41, 5.74) is 3.37. The normalized spacial score (nSPS) is 15.7. The van der Waals surface area contributed by atoms with Gasteiger partial charge < -0.3 is 16.0 Å². The lowest BCUT2D eigenvalue weighted by molar-refractivity contribution is 0.445. The van der Waals surface area contributed by atoms with Gasteiger partial charge in [0, 0.05) is 42.9 Å². The van der Waals surface area contributed by atoms with Crippen LogP contribution in [0.1, 0.15) is 24.0 Å². The summed E-state index contributed by atoms with van der Waals surface area (Å²) < 4.78 is 41.4. The molecule has 2 heterocycles. The summed E-state index contributed by atoms with van der Waals surface area (Å²) in [7, 11) is -4.01. The Kier molecular flexibility index (Phi) is 7.92. The third kappa shape index (κ3) is 6.50. The molecule has 1 aliphatic heterocycles. The quantitative estimate of drug-likeness (QED) is 0.308. The summed E-state index contributed by atoms with van der Waals surface area (Å²) in [5, 5.41) is 12.1. The van der Waals surface area contributed by atoms with Crippen molar-refractivity contribution in [2.45, 2.75) is 36.7 Å². The Bertz CT molecular complexity index is 1160. The molecule has 4 N–H and O–H groups in total. The van der Waals surface area contributed by atoms with Crippen LogP contribution in [-0.2, 0) is 23.0 Å². The maximum absolute atomic E-state index is 14.4. The highest BCUT2D eigenvalue weighted by Gasteiger charge is 2.20. The van der Waals surface area contributed by atoms with E-state index in [0.29, 0.717) is 18.3 Å². The van der Waals surface area contributed by atoms with Crippen molar-refractivity contribution >= 4 is 32.2 Å². The van der Waals surface area contributed by atoms with Gasteiger partial charge in [0.2, 0.25) is 0 Å². The topological polar surface area (TPSA) is 95.2 Å². The Morgan fingerprint density at radius 3 is 2.73 bits per heavy atom. The number of halogens is 1. The van der Waals surface area contributed by atoms with Gasteiger partial charge in [-0.25, -0.2) is 17.8 Å². The lowest BCUT2D eigenvalue weighted by Crippen LogP contribution is -2.43. The van der Waals surface area contributed by atoms with E-state index in [9.17, 15) is 12.8 Å². The fourth-order valence-electron chi connectivity index (χ4n) is 3.82. The van der Waals surface area contributed by atoms with E-state index in [0.717, 1.165) is 50.2 Å². The Labute approximate surface area is 197 Å². The van der Waals surface area contributed by atoms with Crippen LogP contribution in [0.3, 0.4) is 0 Å². The van der Waals surface area contributed by atoms with E-state index in [1.165, 1.54) is 29.5 Å². The molecule has 0 saturated heterocycles. The van der Waals surface area contributed by atoms with Gasteiger partial charge in [-0.2, -0.15) is 0 Å². The first kappa shape index (κ1) is 23.6. The van der Waals surface area contributed by atoms with Crippen molar-refractivity contribution in [3.63, 3.8) is 0 Å². The smallest absolute Gasteiger partial charge is 0.266 e. The monoisotopic (exact) mass is 489 g/mol. The Morgan fingerprint density at radius 1 is 1.12 bits per heavy atom. The molecule has 4 rings (SSSR count). The number of fused-ring (bicyclic) bond motifs is 1. The minimum absolute atomic E-state index is 0.203. The predicted octanol–water partition coefficient (Wildman–Crippen LogP) is 3.58. The molecular weight excluding hydrogens is 461 g/mol. The molecule has 7 nitrogen and oxygen atoms in total. The van der Waals surface area contributed by atoms with Gasteiger partial charge in [-0.15, -0.1) is 11.3 Å². The second kappa shape index (κ2) is 11.1. The van der Waals surface area contributed by atoms with Crippen molar-refractivity contribution in [3.05, 3.63) is 71.0 Å². The van der Waals surface area contributed by atoms with E-state index in [-0.39, 0.29) is 5.13 Å². The molecule has 0 fully saturated rings. The molecule has 0 spiro atoms. The molecule has 1 unspecified atom stereocenters. The van der Waals surface area contributed by atoms with Crippen molar-refractivity contribution in [1.82, 2.24) is 15.6 Å². The number of nitrogens with zero attached hydrogens (tertiary/aromatic N) is 1. The van der Waals surface area contributed by atoms with Gasteiger partial charge in [0.1, 0.15) is 10.7 Å². The summed E-state index contributed by atoms with van der Waals surface area (Å²) in [6.07, 6.45) is 4.43. The molecule has 3 aromatic rings. The number of rotatable bonds is 11. The maximum Gasteiger partial charge on any atom is 0.266 e. The molecule has 0 radical (unpaired) electrons. The van der Waals surface area contributed by atoms with E-state index in [1.54, 1.807) is 11.4 Å². The van der Waals surface area contributed by atoms with E-state index < -0.39 is 20.7 Å². The molecule has 33 heavy (non-hydrogen) atoms. The number of aromatic nitrogens is 1. The van der Waals surface area contributed by atoms with Crippen LogP contribution in [0.5, 0.6) is 0 Å². The fraction of sp³-hybridized carbons (Fsp3) is 0.348. The average Bonchev–Trinajstić information content (AvgIpc) is 3.30. The van der Waals surface area contributed by atoms with Crippen molar-refractivity contribution in [3.8, 4) is 0 Å². The largest absolute Gasteiger partial charge is 0.385 e. The van der Waals surface area contributed by atoms with Gasteiger partial charge in [0.25, 0.3) is 10.0 Å². The molecular formula is C23H28FN5O2S2. The molecule has 1 aliphatic rings. The van der Waals surface area contributed by atoms with Crippen molar-refractivity contribution in [2.75, 3.05) is 29.7 Å². The molecule has 10 heteroatoms. The average molecular weight is 490 g/mol. The second-order valence-electron chi connectivity index (χ2n) is 7.98. The predicted molar refractivity (Wildman–Crippen MR) is 131 cm³/mol. The number of unbranched alkanes of at least 4 members (excludes halogenated alkanes) is 1. The summed E-state index contributed by atoms with van der Waals surface area (Å²) in [4.78, 5) is 3.47. The van der Waals surface area contributed by atoms with Crippen LogP contribution in [0.15, 0.2) is 58.9 Å². The van der Waals surface area contributed by atoms with Crippen molar-refractivity contribution in [1.29, 1.82) is 0 Å². The molecule has 0 aliphatic carbocycles. The first-order valence-electron chi connectivity index (χ1n) is 11.0. The highest BCUT2D eigenvalue weighted by molar-refractivity contribution is 7.93. The van der Waals surface area contributed by atoms with E-state index >= 15 is 0 Å². The van der Waals surface area contributed by atoms with Gasteiger partial charge in [-0.1, -0.05) is 24.3 Å². The van der Waals surface area contributed by atoms with Crippen LogP contribution < -0.4 is 20.7 Å². The standard InChI is InChI=1S/C23H28FN5O2S2/c24-21-14-19(7-8-22(21)33(30,31)29-23-27-11-12-32-23)26-10-4-3-9-25-16-20-13-17-5-1-2-6-18(17)15-28-20/h1-2,5-8,11-12,14,20,25-26,28H,3-4,9-10,13,15-16H2,(H,27,29). The summed E-state index contributed by atoms with van der Waals surface area (Å²) in [6.45, 7) is 3.44. The van der Waals surface area contributed by atoms with Gasteiger partial charge in [0.15, 0.2) is 5.13 Å². The van der Waals surface area contributed by atoms with E-state index in [1.807, 2.05) is 0 Å². The summed E-state index contributed by atoms with van der Waals surface area (Å²) >= 11 is 1.13. The van der Waals surface area contributed by atoms with Crippen LogP contribution >= 0.6 is 11.3 Å². The number of nitrogens with one attached hydrogen (secondary N) is 4. The zero-order valence-electron chi connectivity index (χ0n) is 18.2. The van der Waals surface area contributed by atoms with Crippen LogP contribution in [0.4, 0.5) is 15.2 Å². The van der Waals surface area contributed by atoms with E-state index in [2.05, 4.69) is 49.9 Å². The molecule has 1 atom stereocenters. The number of anilines is 2. The molecule has 0 amide bonds. The molecule has 2 aromatic carbocycles. The van der Waals surface area contributed by atoms with Crippen molar-refractivity contribution in [2.24, 2.45) is 0 Å². The zero-order chi connectivity index (χ0) is 23.1. The molecule has 176 valence electrons. The van der Waals surface area contributed by atoms with Gasteiger partial charge >= 0.3 is 0 Å². The molecule has 0 saturated carbocycles. The van der Waals surface area contributed by atoms with Crippen molar-refractivity contribution < 1.29 is 12.8 Å². The highest BCUT2D eigenvalue weighted by atomic mass is 32.2. The van der Waals surface area contributed by atoms with E-state index in [4.69, 9.17) is 0 Å². The van der Waals surface area contributed by atoms with Crippen LogP contribution in [-0.4, -0.2) is 39.1 Å². The van der Waals surface area contributed by atoms with Gasteiger partial charge in [0.05, 0.1) is 0 Å². The number of benzene rings is 2. The third-order valence-corrected chi connectivity index (χ3v) is 7.73. The Balaban J connectivity index is 1.14. The fourth-order valence-corrected chi connectivity index (χ4v) is 5.67. The zero-order valence-corrected chi connectivity index (χ0v) is 19.8. The Morgan fingerprint density at radius 2 is 1.94 bits per heavy atom. The first-order valence-corrected chi connectivity index (χ1v) is 13.3. The number of hydrogen-bond acceptors (Lipinski definition) is 7. The summed E-state index contributed by atoms with van der Waals surface area (Å²) in [6, 6.07) is 13.1. The minimum Gasteiger partial charge on any atom is -0.385 e. The third-order valence-electron chi connectivity index (χ3n) is 5.54. The number of hydrogen-bond donors (Lipinski definition) is 4. The minimum atomic E-state index is -4.01. The van der Waals surface area contributed by atoms with Crippen LogP contribution in [0, 0.1) is 5.82 Å². The van der Waals surface area contributed by atoms with Crippen LogP contribution in [0.2, 0.25) is 0 Å². The summed E-state index contributed by atoms with van der Waals surface area (Å²) in [5.74, 6) is -0.799. The lowest BCUT2D eigenvalue weighted by atomic mass is 9.96. The second-order valence-corrected chi connectivity index (χ2v) is 10.5. The number of sulfonamides is 1.